The van der Waals surface area contributed by atoms with Crippen LogP contribution in [0.2, 0.25) is 0 Å². The number of para-hydroxylation sites is 2. The van der Waals surface area contributed by atoms with Gasteiger partial charge in [-0.05, 0) is 37.0 Å². The molecule has 1 aromatic heterocycles. The Kier molecular flexibility index (Phi) is 5.82. The number of rotatable bonds is 7. The van der Waals surface area contributed by atoms with E-state index < -0.39 is 6.10 Å². The zero-order valence-electron chi connectivity index (χ0n) is 15.5. The molecule has 2 aromatic carbocycles. The average molecular weight is 365 g/mol. The zero-order chi connectivity index (χ0) is 18.5. The van der Waals surface area contributed by atoms with Crippen LogP contribution in [-0.2, 0) is 11.2 Å². The molecule has 1 aliphatic rings. The third kappa shape index (κ3) is 4.38. The summed E-state index contributed by atoms with van der Waals surface area (Å²) in [5, 5.41) is 14.6. The van der Waals surface area contributed by atoms with Gasteiger partial charge >= 0.3 is 0 Å². The number of aliphatic hydroxyl groups excluding tert-OH is 1. The molecule has 0 radical (unpaired) electrons. The van der Waals surface area contributed by atoms with E-state index in [0.29, 0.717) is 12.6 Å². The predicted octanol–water partition coefficient (Wildman–Crippen LogP) is 2.95. The zero-order valence-corrected chi connectivity index (χ0v) is 15.5. The van der Waals surface area contributed by atoms with Gasteiger partial charge in [0.05, 0.1) is 29.5 Å². The van der Waals surface area contributed by atoms with Gasteiger partial charge in [0.25, 0.3) is 0 Å². The normalized spacial score (nSPS) is 17.8. The lowest BCUT2D eigenvalue weighted by Crippen LogP contribution is -2.42. The van der Waals surface area contributed by atoms with Crippen molar-refractivity contribution in [3.63, 3.8) is 0 Å². The molecule has 0 bridgehead atoms. The summed E-state index contributed by atoms with van der Waals surface area (Å²) >= 11 is 0. The second-order valence-electron chi connectivity index (χ2n) is 7.26. The molecule has 0 unspecified atom stereocenters. The first-order valence-electron chi connectivity index (χ1n) is 9.76. The van der Waals surface area contributed by atoms with Crippen molar-refractivity contribution in [1.82, 2.24) is 14.9 Å². The van der Waals surface area contributed by atoms with Gasteiger partial charge in [-0.25, -0.2) is 4.98 Å². The lowest BCUT2D eigenvalue weighted by Gasteiger charge is -2.29. The van der Waals surface area contributed by atoms with Crippen molar-refractivity contribution >= 4 is 11.0 Å². The van der Waals surface area contributed by atoms with Crippen LogP contribution in [-0.4, -0.2) is 46.6 Å². The Balaban J connectivity index is 1.55. The maximum atomic E-state index is 11.1. The highest BCUT2D eigenvalue weighted by molar-refractivity contribution is 5.75. The minimum absolute atomic E-state index is 0.0767. The number of hydrogen-bond acceptors (Lipinski definition) is 4. The number of benzene rings is 2. The highest BCUT2D eigenvalue weighted by Crippen LogP contribution is 2.24. The first-order chi connectivity index (χ1) is 13.3. The van der Waals surface area contributed by atoms with Gasteiger partial charge in [-0.2, -0.15) is 0 Å². The van der Waals surface area contributed by atoms with Crippen LogP contribution in [0.5, 0.6) is 0 Å². The van der Waals surface area contributed by atoms with Crippen molar-refractivity contribution in [2.75, 3.05) is 19.8 Å². The third-order valence-corrected chi connectivity index (χ3v) is 5.41. The number of nitrogens with one attached hydrogen (secondary N) is 1. The summed E-state index contributed by atoms with van der Waals surface area (Å²) in [7, 11) is 0. The largest absolute Gasteiger partial charge is 0.390 e. The summed E-state index contributed by atoms with van der Waals surface area (Å²) in [5.41, 5.74) is 3.23. The molecule has 1 aliphatic heterocycles. The summed E-state index contributed by atoms with van der Waals surface area (Å²) in [6.45, 7) is 2.16. The quantitative estimate of drug-likeness (QED) is 0.676. The van der Waals surface area contributed by atoms with Crippen molar-refractivity contribution in [2.45, 2.75) is 37.5 Å². The number of nitrogens with zero attached hydrogens (tertiary/aromatic N) is 2. The minimum Gasteiger partial charge on any atom is -0.390 e. The standard InChI is InChI=1S/C22H27N3O2/c26-22(15-23-18-10-12-27-13-11-18)21(14-17-6-2-1-3-7-17)25-16-24-19-8-4-5-9-20(19)25/h1-9,16,18,21-23,26H,10-15H2/t21-,22+/m0/s1. The highest BCUT2D eigenvalue weighted by Gasteiger charge is 2.24. The molecule has 27 heavy (non-hydrogen) atoms. The Morgan fingerprint density at radius 1 is 1.07 bits per heavy atom. The van der Waals surface area contributed by atoms with Crippen LogP contribution in [0.3, 0.4) is 0 Å². The van der Waals surface area contributed by atoms with Gasteiger partial charge in [0, 0.05) is 25.8 Å². The first-order valence-corrected chi connectivity index (χ1v) is 9.76. The predicted molar refractivity (Wildman–Crippen MR) is 107 cm³/mol. The molecule has 4 rings (SSSR count). The van der Waals surface area contributed by atoms with Crippen LogP contribution in [0.15, 0.2) is 60.9 Å². The number of fused-ring (bicyclic) bond motifs is 1. The fourth-order valence-electron chi connectivity index (χ4n) is 3.84. The topological polar surface area (TPSA) is 59.3 Å². The Bertz CT molecular complexity index is 843. The van der Waals surface area contributed by atoms with Gasteiger partial charge in [0.2, 0.25) is 0 Å². The van der Waals surface area contributed by atoms with Crippen LogP contribution >= 0.6 is 0 Å². The smallest absolute Gasteiger partial charge is 0.0961 e. The van der Waals surface area contributed by atoms with E-state index in [4.69, 9.17) is 4.74 Å². The van der Waals surface area contributed by atoms with Gasteiger partial charge in [-0.3, -0.25) is 0 Å². The molecule has 0 amide bonds. The Hall–Kier alpha value is -2.21. The monoisotopic (exact) mass is 365 g/mol. The van der Waals surface area contributed by atoms with Gasteiger partial charge in [0.15, 0.2) is 0 Å². The van der Waals surface area contributed by atoms with Crippen molar-refractivity contribution in [1.29, 1.82) is 0 Å². The fraction of sp³-hybridized carbons (Fsp3) is 0.409. The SMILES string of the molecule is O[C@H](CNC1CCOCC1)[C@H](Cc1ccccc1)n1cnc2ccccc21. The first kappa shape index (κ1) is 18.2. The van der Waals surface area contributed by atoms with Gasteiger partial charge in [-0.1, -0.05) is 42.5 Å². The van der Waals surface area contributed by atoms with E-state index in [-0.39, 0.29) is 6.04 Å². The molecule has 0 aliphatic carbocycles. The van der Waals surface area contributed by atoms with E-state index in [2.05, 4.69) is 33.1 Å². The molecule has 2 N–H and O–H groups in total. The average Bonchev–Trinajstić information content (AvgIpc) is 3.16. The number of imidazole rings is 1. The van der Waals surface area contributed by atoms with Crippen LogP contribution in [0.1, 0.15) is 24.4 Å². The Morgan fingerprint density at radius 3 is 2.63 bits per heavy atom. The van der Waals surface area contributed by atoms with Crippen LogP contribution in [0.4, 0.5) is 0 Å². The van der Waals surface area contributed by atoms with E-state index in [1.807, 2.05) is 42.7 Å². The molecule has 0 saturated carbocycles. The number of ether oxygens (including phenoxy) is 1. The lowest BCUT2D eigenvalue weighted by molar-refractivity contribution is 0.0655. The minimum atomic E-state index is -0.509. The van der Waals surface area contributed by atoms with Gasteiger partial charge in [0.1, 0.15) is 0 Å². The van der Waals surface area contributed by atoms with E-state index in [0.717, 1.165) is 43.5 Å². The molecule has 5 heteroatoms. The van der Waals surface area contributed by atoms with Gasteiger partial charge in [-0.15, -0.1) is 0 Å². The summed E-state index contributed by atoms with van der Waals surface area (Å²) in [6.07, 6.45) is 4.12. The van der Waals surface area contributed by atoms with E-state index in [1.54, 1.807) is 0 Å². The summed E-state index contributed by atoms with van der Waals surface area (Å²) in [6, 6.07) is 18.8. The van der Waals surface area contributed by atoms with Crippen LogP contribution < -0.4 is 5.32 Å². The lowest BCUT2D eigenvalue weighted by atomic mass is 10.00. The molecule has 2 atom stereocenters. The molecule has 5 nitrogen and oxygen atoms in total. The maximum Gasteiger partial charge on any atom is 0.0961 e. The van der Waals surface area contributed by atoms with Crippen LogP contribution in [0, 0.1) is 0 Å². The Morgan fingerprint density at radius 2 is 1.81 bits per heavy atom. The second kappa shape index (κ2) is 8.65. The third-order valence-electron chi connectivity index (χ3n) is 5.41. The van der Waals surface area contributed by atoms with E-state index >= 15 is 0 Å². The molecular formula is C22H27N3O2. The second-order valence-corrected chi connectivity index (χ2v) is 7.26. The van der Waals surface area contributed by atoms with Crippen molar-refractivity contribution < 1.29 is 9.84 Å². The van der Waals surface area contributed by atoms with E-state index in [9.17, 15) is 5.11 Å². The number of aliphatic hydroxyl groups is 1. The summed E-state index contributed by atoms with van der Waals surface area (Å²) < 4.78 is 7.55. The number of hydrogen-bond donors (Lipinski definition) is 2. The van der Waals surface area contributed by atoms with E-state index in [1.165, 1.54) is 5.56 Å². The molecule has 1 saturated heterocycles. The van der Waals surface area contributed by atoms with Crippen molar-refractivity contribution in [3.8, 4) is 0 Å². The van der Waals surface area contributed by atoms with Crippen molar-refractivity contribution in [3.05, 3.63) is 66.5 Å². The fourth-order valence-corrected chi connectivity index (χ4v) is 3.84. The molecule has 142 valence electrons. The Labute approximate surface area is 160 Å². The highest BCUT2D eigenvalue weighted by atomic mass is 16.5. The molecular weight excluding hydrogens is 338 g/mol. The maximum absolute atomic E-state index is 11.1. The molecule has 1 fully saturated rings. The summed E-state index contributed by atoms with van der Waals surface area (Å²) in [4.78, 5) is 4.53. The molecule has 3 aromatic rings. The van der Waals surface area contributed by atoms with Crippen LogP contribution in [0.25, 0.3) is 11.0 Å². The van der Waals surface area contributed by atoms with Gasteiger partial charge < -0.3 is 19.7 Å². The van der Waals surface area contributed by atoms with Crippen molar-refractivity contribution in [2.24, 2.45) is 0 Å². The number of aromatic nitrogens is 2. The summed E-state index contributed by atoms with van der Waals surface area (Å²) in [5.74, 6) is 0. The molecule has 2 heterocycles. The molecule has 0 spiro atoms.